The van der Waals surface area contributed by atoms with Crippen molar-refractivity contribution in [1.82, 2.24) is 10.6 Å². The molecule has 0 aliphatic rings. The van der Waals surface area contributed by atoms with Gasteiger partial charge in [-0.05, 0) is 31.7 Å². The van der Waals surface area contributed by atoms with Gasteiger partial charge in [-0.25, -0.2) is 4.79 Å². The Balaban J connectivity index is 2.47. The first-order valence-corrected chi connectivity index (χ1v) is 22.3. The van der Waals surface area contributed by atoms with E-state index < -0.39 is 30.1 Å². The molecule has 0 aliphatic carbocycles. The Morgan fingerprint density at radius 2 is 1.02 bits per heavy atom. The van der Waals surface area contributed by atoms with Crippen LogP contribution >= 0.6 is 0 Å². The van der Waals surface area contributed by atoms with E-state index in [0.29, 0.717) is 12.8 Å². The number of amides is 2. The highest BCUT2D eigenvalue weighted by Gasteiger charge is 2.26. The molecular weight excluding hydrogens is 677 g/mol. The highest BCUT2D eigenvalue weighted by atomic mass is 16.5. The lowest BCUT2D eigenvalue weighted by Gasteiger charge is -2.21. The fourth-order valence-electron chi connectivity index (χ4n) is 7.04. The van der Waals surface area contributed by atoms with Gasteiger partial charge in [-0.1, -0.05) is 198 Å². The topological polar surface area (TPSA) is 122 Å². The molecule has 54 heavy (non-hydrogen) atoms. The first-order valence-electron chi connectivity index (χ1n) is 22.3. The second kappa shape index (κ2) is 34.6. The Morgan fingerprint density at radius 3 is 1.46 bits per heavy atom. The van der Waals surface area contributed by atoms with E-state index in [1.807, 2.05) is 30.3 Å². The first-order chi connectivity index (χ1) is 26.3. The minimum Gasteiger partial charge on any atom is -0.480 e. The quantitative estimate of drug-likeness (QED) is 0.0459. The Hall–Kier alpha value is -2.90. The predicted octanol–water partition coefficient (Wildman–Crippen LogP) is 11.6. The molecule has 1 unspecified atom stereocenters. The minimum absolute atomic E-state index is 0.0212. The third-order valence-electron chi connectivity index (χ3n) is 10.5. The zero-order valence-electron chi connectivity index (χ0n) is 34.8. The van der Waals surface area contributed by atoms with E-state index >= 15 is 0 Å². The summed E-state index contributed by atoms with van der Waals surface area (Å²) in [5, 5.41) is 14.9. The smallest absolute Gasteiger partial charge is 0.326 e. The SMILES string of the molecule is CCCCCCCCCCCCCCCC(=O)OC(CCCCCCCCCCCCCCC)CC(=O)N[C@@H](C)C(=O)N[C@@H](Cc1ccccc1)C(=O)O. The van der Waals surface area contributed by atoms with Crippen LogP contribution in [-0.4, -0.2) is 47.0 Å². The molecule has 3 atom stereocenters. The molecule has 2 amide bonds. The molecule has 0 fully saturated rings. The van der Waals surface area contributed by atoms with E-state index in [4.69, 9.17) is 4.74 Å². The molecule has 8 heteroatoms. The highest BCUT2D eigenvalue weighted by Crippen LogP contribution is 2.18. The van der Waals surface area contributed by atoms with Crippen LogP contribution in [0.5, 0.6) is 0 Å². The van der Waals surface area contributed by atoms with Crippen LogP contribution in [0.15, 0.2) is 30.3 Å². The van der Waals surface area contributed by atoms with Gasteiger partial charge >= 0.3 is 11.9 Å². The molecule has 3 N–H and O–H groups in total. The maximum Gasteiger partial charge on any atom is 0.326 e. The molecule has 1 aromatic rings. The molecular formula is C46H80N2O6. The zero-order chi connectivity index (χ0) is 39.5. The van der Waals surface area contributed by atoms with Crippen molar-refractivity contribution in [2.75, 3.05) is 0 Å². The molecule has 0 spiro atoms. The van der Waals surface area contributed by atoms with Gasteiger partial charge in [0, 0.05) is 12.8 Å². The van der Waals surface area contributed by atoms with Crippen LogP contribution in [0.2, 0.25) is 0 Å². The lowest BCUT2D eigenvalue weighted by atomic mass is 10.0. The van der Waals surface area contributed by atoms with Gasteiger partial charge in [0.1, 0.15) is 18.2 Å². The number of rotatable bonds is 37. The van der Waals surface area contributed by atoms with E-state index in [2.05, 4.69) is 24.5 Å². The molecule has 0 bridgehead atoms. The van der Waals surface area contributed by atoms with Gasteiger partial charge in [0.05, 0.1) is 6.42 Å². The lowest BCUT2D eigenvalue weighted by Crippen LogP contribution is -2.51. The number of unbranched alkanes of at least 4 members (excludes halogenated alkanes) is 24. The maximum atomic E-state index is 13.1. The summed E-state index contributed by atoms with van der Waals surface area (Å²) in [7, 11) is 0. The van der Waals surface area contributed by atoms with E-state index in [1.165, 1.54) is 135 Å². The van der Waals surface area contributed by atoms with Crippen molar-refractivity contribution in [3.05, 3.63) is 35.9 Å². The van der Waals surface area contributed by atoms with Crippen molar-refractivity contribution in [3.8, 4) is 0 Å². The van der Waals surface area contributed by atoms with Crippen molar-refractivity contribution in [2.45, 2.75) is 232 Å². The molecule has 0 aliphatic heterocycles. The standard InChI is InChI=1S/C46H80N2O6/c1-4-6-8-10-12-14-16-18-20-22-24-26-31-35-41(54-44(50)36-32-27-25-23-21-19-17-15-13-11-9-7-5-2)38-43(49)47-39(3)45(51)48-42(46(52)53)37-40-33-29-28-30-34-40/h28-30,33-34,39,41-42H,4-27,31-32,35-38H2,1-3H3,(H,47,49)(H,48,51)(H,52,53)/t39-,41?,42-/m0/s1. The normalized spacial score (nSPS) is 12.9. The third-order valence-corrected chi connectivity index (χ3v) is 10.5. The van der Waals surface area contributed by atoms with Crippen LogP contribution in [0.1, 0.15) is 213 Å². The van der Waals surface area contributed by atoms with Gasteiger partial charge in [0.25, 0.3) is 0 Å². The maximum absolute atomic E-state index is 13.1. The molecule has 0 heterocycles. The van der Waals surface area contributed by atoms with Crippen molar-refractivity contribution < 1.29 is 29.0 Å². The van der Waals surface area contributed by atoms with Crippen LogP contribution < -0.4 is 10.6 Å². The number of esters is 1. The Kier molecular flexibility index (Phi) is 31.5. The molecule has 8 nitrogen and oxygen atoms in total. The average Bonchev–Trinajstić information content (AvgIpc) is 3.15. The second-order valence-corrected chi connectivity index (χ2v) is 15.7. The van der Waals surface area contributed by atoms with Crippen molar-refractivity contribution in [1.29, 1.82) is 0 Å². The van der Waals surface area contributed by atoms with Gasteiger partial charge in [0.15, 0.2) is 0 Å². The molecule has 0 aromatic heterocycles. The number of hydrogen-bond acceptors (Lipinski definition) is 5. The predicted molar refractivity (Wildman–Crippen MR) is 222 cm³/mol. The average molecular weight is 757 g/mol. The second-order valence-electron chi connectivity index (χ2n) is 15.7. The Bertz CT molecular complexity index is 1080. The van der Waals surface area contributed by atoms with Crippen molar-refractivity contribution in [2.24, 2.45) is 0 Å². The number of nitrogens with one attached hydrogen (secondary N) is 2. The molecule has 1 rings (SSSR count). The summed E-state index contributed by atoms with van der Waals surface area (Å²) in [5.41, 5.74) is 0.790. The summed E-state index contributed by atoms with van der Waals surface area (Å²) >= 11 is 0. The summed E-state index contributed by atoms with van der Waals surface area (Å²) in [5.74, 6) is -2.36. The number of carbonyl (C=O) groups excluding carboxylic acids is 3. The Labute approximate surface area is 330 Å². The Morgan fingerprint density at radius 1 is 0.593 bits per heavy atom. The summed E-state index contributed by atoms with van der Waals surface area (Å²) in [6.07, 6.45) is 32.8. The summed E-state index contributed by atoms with van der Waals surface area (Å²) < 4.78 is 5.86. The van der Waals surface area contributed by atoms with Gasteiger partial charge in [-0.3, -0.25) is 14.4 Å². The van der Waals surface area contributed by atoms with Gasteiger partial charge in [-0.2, -0.15) is 0 Å². The summed E-state index contributed by atoms with van der Waals surface area (Å²) in [6, 6.07) is 7.05. The number of carboxylic acid groups (broad SMARTS) is 1. The monoisotopic (exact) mass is 757 g/mol. The van der Waals surface area contributed by atoms with Crippen molar-refractivity contribution >= 4 is 23.8 Å². The molecule has 310 valence electrons. The summed E-state index contributed by atoms with van der Waals surface area (Å²) in [6.45, 7) is 6.05. The molecule has 0 saturated heterocycles. The fourth-order valence-corrected chi connectivity index (χ4v) is 7.04. The highest BCUT2D eigenvalue weighted by molar-refractivity contribution is 5.90. The van der Waals surface area contributed by atoms with Crippen LogP contribution in [0.4, 0.5) is 0 Å². The number of ether oxygens (including phenoxy) is 1. The largest absolute Gasteiger partial charge is 0.480 e. The number of hydrogen-bond donors (Lipinski definition) is 3. The minimum atomic E-state index is -1.14. The van der Waals surface area contributed by atoms with Gasteiger partial charge < -0.3 is 20.5 Å². The third kappa shape index (κ3) is 28.5. The lowest BCUT2D eigenvalue weighted by molar-refractivity contribution is -0.151. The number of carboxylic acids is 1. The molecule has 0 saturated carbocycles. The van der Waals surface area contributed by atoms with E-state index in [9.17, 15) is 24.3 Å². The molecule has 1 aromatic carbocycles. The number of benzene rings is 1. The first kappa shape index (κ1) is 49.1. The van der Waals surface area contributed by atoms with Crippen LogP contribution in [0.3, 0.4) is 0 Å². The van der Waals surface area contributed by atoms with E-state index in [0.717, 1.165) is 44.1 Å². The van der Waals surface area contributed by atoms with Crippen molar-refractivity contribution in [3.63, 3.8) is 0 Å². The van der Waals surface area contributed by atoms with Crippen LogP contribution in [-0.2, 0) is 30.3 Å². The fraction of sp³-hybridized carbons (Fsp3) is 0.783. The zero-order valence-corrected chi connectivity index (χ0v) is 34.8. The van der Waals surface area contributed by atoms with Gasteiger partial charge in [-0.15, -0.1) is 0 Å². The van der Waals surface area contributed by atoms with E-state index in [1.54, 1.807) is 0 Å². The summed E-state index contributed by atoms with van der Waals surface area (Å²) in [4.78, 5) is 50.7. The van der Waals surface area contributed by atoms with Gasteiger partial charge in [0.2, 0.25) is 11.8 Å². The van der Waals surface area contributed by atoms with Crippen LogP contribution in [0.25, 0.3) is 0 Å². The number of aliphatic carboxylic acids is 1. The molecule has 0 radical (unpaired) electrons. The van der Waals surface area contributed by atoms with E-state index in [-0.39, 0.29) is 24.7 Å². The number of carbonyl (C=O) groups is 4. The van der Waals surface area contributed by atoms with Crippen LogP contribution in [0, 0.1) is 0 Å².